The highest BCUT2D eigenvalue weighted by Gasteiger charge is 2.14. The zero-order valence-corrected chi connectivity index (χ0v) is 8.07. The Labute approximate surface area is 77.0 Å². The third kappa shape index (κ3) is 2.18. The van der Waals surface area contributed by atoms with E-state index in [1.807, 2.05) is 6.92 Å². The molecule has 0 aliphatic rings. The molecule has 0 saturated heterocycles. The van der Waals surface area contributed by atoms with Crippen molar-refractivity contribution in [3.63, 3.8) is 0 Å². The first-order chi connectivity index (χ1) is 6.02. The fourth-order valence-corrected chi connectivity index (χ4v) is 0.979. The van der Waals surface area contributed by atoms with E-state index in [4.69, 9.17) is 4.42 Å². The van der Waals surface area contributed by atoms with Crippen molar-refractivity contribution in [3.05, 3.63) is 33.9 Å². The molecule has 0 saturated carbocycles. The quantitative estimate of drug-likeness (QED) is 0.752. The fraction of sp³-hybridized carbons (Fsp3) is 0.500. The third-order valence-electron chi connectivity index (χ3n) is 2.20. The Bertz CT molecular complexity index is 338. The van der Waals surface area contributed by atoms with Crippen LogP contribution >= 0.6 is 0 Å². The van der Waals surface area contributed by atoms with Crippen molar-refractivity contribution in [2.45, 2.75) is 32.8 Å². The summed E-state index contributed by atoms with van der Waals surface area (Å²) in [6.45, 7) is 5.19. The largest absolute Gasteiger partial charge is 0.427 e. The maximum atomic E-state index is 11.1. The van der Waals surface area contributed by atoms with E-state index in [2.05, 4.69) is 0 Å². The summed E-state index contributed by atoms with van der Waals surface area (Å²) in [5.41, 5.74) is 0.256. The van der Waals surface area contributed by atoms with Gasteiger partial charge in [0.25, 0.3) is 0 Å². The van der Waals surface area contributed by atoms with Crippen molar-refractivity contribution in [3.8, 4) is 0 Å². The molecule has 0 aliphatic carbocycles. The maximum absolute atomic E-state index is 11.1. The highest BCUT2D eigenvalue weighted by molar-refractivity contribution is 5.12. The van der Waals surface area contributed by atoms with Crippen LogP contribution in [-0.2, 0) is 0 Å². The Hall–Kier alpha value is -1.09. The molecule has 0 fully saturated rings. The van der Waals surface area contributed by atoms with Crippen LogP contribution in [-0.4, -0.2) is 11.2 Å². The second-order valence-electron chi connectivity index (χ2n) is 3.34. The predicted octanol–water partition coefficient (Wildman–Crippen LogP) is 1.43. The van der Waals surface area contributed by atoms with Gasteiger partial charge in [-0.15, -0.1) is 0 Å². The lowest BCUT2D eigenvalue weighted by molar-refractivity contribution is 0.156. The molecule has 1 N–H and O–H groups in total. The molecule has 1 aromatic heterocycles. The summed E-state index contributed by atoms with van der Waals surface area (Å²) in [5, 5.41) is 9.27. The van der Waals surface area contributed by atoms with E-state index in [-0.39, 0.29) is 11.5 Å². The smallest absolute Gasteiger partial charge is 0.338 e. The summed E-state index contributed by atoms with van der Waals surface area (Å²) in [5.74, 6) is 0.388. The second kappa shape index (κ2) is 3.75. The summed E-state index contributed by atoms with van der Waals surface area (Å²) < 4.78 is 5.02. The van der Waals surface area contributed by atoms with Gasteiger partial charge in [-0.05, 0) is 26.0 Å². The molecule has 1 heterocycles. The van der Waals surface area contributed by atoms with Crippen LogP contribution in [0.1, 0.15) is 31.1 Å². The average Bonchev–Trinajstić information content (AvgIpc) is 2.08. The molecular weight excluding hydrogens is 168 g/mol. The van der Waals surface area contributed by atoms with Gasteiger partial charge < -0.3 is 9.52 Å². The molecule has 0 bridgehead atoms. The van der Waals surface area contributed by atoms with Crippen molar-refractivity contribution in [2.75, 3.05) is 0 Å². The van der Waals surface area contributed by atoms with Crippen molar-refractivity contribution in [1.82, 2.24) is 0 Å². The van der Waals surface area contributed by atoms with E-state index < -0.39 is 6.10 Å². The van der Waals surface area contributed by atoms with E-state index in [1.165, 1.54) is 0 Å². The summed E-state index contributed by atoms with van der Waals surface area (Å²) in [6.07, 6.45) is -0.508. The predicted molar refractivity (Wildman–Crippen MR) is 49.8 cm³/mol. The van der Waals surface area contributed by atoms with Crippen LogP contribution < -0.4 is 5.63 Å². The molecule has 0 aliphatic heterocycles. The van der Waals surface area contributed by atoms with Crippen molar-refractivity contribution >= 4 is 0 Å². The standard InChI is InChI=1S/C10H14O3/c1-6-4-5-9(13-10(6)12)7(2)8(3)11/h4-5,7-8,11H,1-3H3/t7-,8-/m1/s1. The molecular formula is C10H14O3. The van der Waals surface area contributed by atoms with E-state index in [1.54, 1.807) is 26.0 Å². The van der Waals surface area contributed by atoms with Gasteiger partial charge in [-0.25, -0.2) is 4.79 Å². The molecule has 2 atom stereocenters. The van der Waals surface area contributed by atoms with Crippen LogP contribution in [0.4, 0.5) is 0 Å². The molecule has 0 amide bonds. The Kier molecular flexibility index (Phi) is 2.88. The van der Waals surface area contributed by atoms with Crippen LogP contribution in [0.2, 0.25) is 0 Å². The van der Waals surface area contributed by atoms with E-state index in [9.17, 15) is 9.90 Å². The molecule has 1 rings (SSSR count). The van der Waals surface area contributed by atoms with Crippen molar-refractivity contribution in [1.29, 1.82) is 0 Å². The van der Waals surface area contributed by atoms with Gasteiger partial charge in [0.1, 0.15) is 5.76 Å². The van der Waals surface area contributed by atoms with Crippen LogP contribution in [0.3, 0.4) is 0 Å². The topological polar surface area (TPSA) is 50.4 Å². The number of hydrogen-bond acceptors (Lipinski definition) is 3. The lowest BCUT2D eigenvalue weighted by atomic mass is 10.0. The fourth-order valence-electron chi connectivity index (χ4n) is 0.979. The molecule has 0 unspecified atom stereocenters. The number of hydrogen-bond donors (Lipinski definition) is 1. The minimum atomic E-state index is -0.508. The minimum absolute atomic E-state index is 0.145. The first kappa shape index (κ1) is 9.99. The normalized spacial score (nSPS) is 15.4. The van der Waals surface area contributed by atoms with Crippen LogP contribution in [0.15, 0.2) is 21.3 Å². The molecule has 0 aromatic carbocycles. The zero-order chi connectivity index (χ0) is 10.0. The first-order valence-electron chi connectivity index (χ1n) is 4.31. The third-order valence-corrected chi connectivity index (χ3v) is 2.20. The molecule has 13 heavy (non-hydrogen) atoms. The van der Waals surface area contributed by atoms with Gasteiger partial charge in [-0.2, -0.15) is 0 Å². The number of aryl methyl sites for hydroxylation is 1. The second-order valence-corrected chi connectivity index (χ2v) is 3.34. The molecule has 72 valence electrons. The molecule has 0 spiro atoms. The highest BCUT2D eigenvalue weighted by Crippen LogP contribution is 2.17. The lowest BCUT2D eigenvalue weighted by Crippen LogP contribution is -2.14. The Morgan fingerprint density at radius 1 is 1.38 bits per heavy atom. The van der Waals surface area contributed by atoms with Crippen LogP contribution in [0.25, 0.3) is 0 Å². The van der Waals surface area contributed by atoms with Crippen molar-refractivity contribution < 1.29 is 9.52 Å². The highest BCUT2D eigenvalue weighted by atomic mass is 16.4. The molecule has 1 aromatic rings. The first-order valence-corrected chi connectivity index (χ1v) is 4.31. The van der Waals surface area contributed by atoms with Crippen LogP contribution in [0, 0.1) is 6.92 Å². The van der Waals surface area contributed by atoms with E-state index >= 15 is 0 Å². The minimum Gasteiger partial charge on any atom is -0.427 e. The molecule has 3 nitrogen and oxygen atoms in total. The molecule has 3 heteroatoms. The van der Waals surface area contributed by atoms with Gasteiger partial charge >= 0.3 is 5.63 Å². The van der Waals surface area contributed by atoms with Gasteiger partial charge in [0.15, 0.2) is 0 Å². The summed E-state index contributed by atoms with van der Waals surface area (Å²) in [7, 11) is 0. The Morgan fingerprint density at radius 2 is 2.00 bits per heavy atom. The zero-order valence-electron chi connectivity index (χ0n) is 8.07. The lowest BCUT2D eigenvalue weighted by Gasteiger charge is -2.12. The number of aliphatic hydroxyl groups excluding tert-OH is 1. The van der Waals surface area contributed by atoms with Crippen molar-refractivity contribution in [2.24, 2.45) is 0 Å². The van der Waals surface area contributed by atoms with Gasteiger partial charge in [0.2, 0.25) is 0 Å². The Morgan fingerprint density at radius 3 is 2.46 bits per heavy atom. The van der Waals surface area contributed by atoms with Crippen LogP contribution in [0.5, 0.6) is 0 Å². The van der Waals surface area contributed by atoms with E-state index in [0.717, 1.165) is 0 Å². The Balaban J connectivity index is 3.04. The summed E-state index contributed by atoms with van der Waals surface area (Å²) in [6, 6.07) is 3.44. The van der Waals surface area contributed by atoms with Gasteiger partial charge in [-0.3, -0.25) is 0 Å². The number of aliphatic hydroxyl groups is 1. The monoisotopic (exact) mass is 182 g/mol. The maximum Gasteiger partial charge on any atom is 0.338 e. The van der Waals surface area contributed by atoms with Gasteiger partial charge in [0, 0.05) is 11.5 Å². The number of rotatable bonds is 2. The molecule has 0 radical (unpaired) electrons. The SMILES string of the molecule is Cc1ccc([C@H](C)[C@@H](C)O)oc1=O. The van der Waals surface area contributed by atoms with Gasteiger partial charge in [-0.1, -0.05) is 6.92 Å². The summed E-state index contributed by atoms with van der Waals surface area (Å²) >= 11 is 0. The van der Waals surface area contributed by atoms with E-state index in [0.29, 0.717) is 11.3 Å². The average molecular weight is 182 g/mol. The van der Waals surface area contributed by atoms with Gasteiger partial charge in [0.05, 0.1) is 6.10 Å². The summed E-state index contributed by atoms with van der Waals surface area (Å²) in [4.78, 5) is 11.1.